The number of rotatable bonds is 10. The quantitative estimate of drug-likeness (QED) is 0.579. The molecular weight excluding hydrogens is 389 g/mol. The van der Waals surface area contributed by atoms with Crippen LogP contribution in [0.15, 0.2) is 40.9 Å². The van der Waals surface area contributed by atoms with E-state index in [1.165, 1.54) is 6.07 Å². The minimum atomic E-state index is -0.288. The number of halogens is 2. The van der Waals surface area contributed by atoms with Crippen LogP contribution in [0.2, 0.25) is 0 Å². The maximum absolute atomic E-state index is 13.7. The molecule has 0 spiro atoms. The van der Waals surface area contributed by atoms with E-state index in [-0.39, 0.29) is 19.0 Å². The van der Waals surface area contributed by atoms with Crippen LogP contribution in [0.25, 0.3) is 0 Å². The first kappa shape index (κ1) is 19.7. The van der Waals surface area contributed by atoms with E-state index in [9.17, 15) is 4.39 Å². The highest BCUT2D eigenvalue weighted by Crippen LogP contribution is 2.34. The lowest BCUT2D eigenvalue weighted by atomic mass is 10.2. The van der Waals surface area contributed by atoms with Gasteiger partial charge in [-0.05, 0) is 43.1 Å². The summed E-state index contributed by atoms with van der Waals surface area (Å²) < 4.78 is 25.7. The number of hydrogen-bond donors (Lipinski definition) is 2. The fourth-order valence-corrected chi connectivity index (χ4v) is 2.80. The Hall–Kier alpha value is -1.63. The first-order chi connectivity index (χ1) is 12.2. The number of hydrogen-bond acceptors (Lipinski definition) is 4. The molecule has 4 nitrogen and oxygen atoms in total. The molecule has 0 aliphatic carbocycles. The van der Waals surface area contributed by atoms with Gasteiger partial charge < -0.3 is 19.9 Å². The number of benzene rings is 2. The Morgan fingerprint density at radius 1 is 1.12 bits per heavy atom. The summed E-state index contributed by atoms with van der Waals surface area (Å²) in [5.74, 6) is 0.873. The van der Waals surface area contributed by atoms with Crippen molar-refractivity contribution in [3.05, 3.63) is 57.8 Å². The van der Waals surface area contributed by atoms with Crippen LogP contribution in [0, 0.1) is 5.82 Å². The van der Waals surface area contributed by atoms with Crippen molar-refractivity contribution < 1.29 is 19.0 Å². The zero-order valence-electron chi connectivity index (χ0n) is 14.2. The summed E-state index contributed by atoms with van der Waals surface area (Å²) in [6, 6.07) is 10.3. The molecule has 0 unspecified atom stereocenters. The Kier molecular flexibility index (Phi) is 8.18. The lowest BCUT2D eigenvalue weighted by Crippen LogP contribution is -2.15. The fourth-order valence-electron chi connectivity index (χ4n) is 2.34. The van der Waals surface area contributed by atoms with E-state index < -0.39 is 0 Å². The second-order valence-corrected chi connectivity index (χ2v) is 6.44. The Morgan fingerprint density at radius 2 is 1.92 bits per heavy atom. The molecule has 2 aromatic rings. The van der Waals surface area contributed by atoms with Gasteiger partial charge in [-0.2, -0.15) is 0 Å². The Labute approximate surface area is 156 Å². The molecule has 0 aromatic heterocycles. The zero-order chi connectivity index (χ0) is 18.1. The standard InChI is InChI=1S/C19H23BrFNO3/c1-24-18-10-15(12-22-8-4-5-9-23)16(20)11-19(18)25-13-14-6-2-3-7-17(14)21/h2-3,6-7,10-11,22-23H,4-5,8-9,12-13H2,1H3. The maximum Gasteiger partial charge on any atom is 0.162 e. The van der Waals surface area contributed by atoms with Gasteiger partial charge in [0.2, 0.25) is 0 Å². The number of ether oxygens (including phenoxy) is 2. The number of unbranched alkanes of at least 4 members (excludes halogenated alkanes) is 1. The van der Waals surface area contributed by atoms with Gasteiger partial charge in [-0.15, -0.1) is 0 Å². The molecule has 0 fully saturated rings. The summed E-state index contributed by atoms with van der Waals surface area (Å²) in [5.41, 5.74) is 1.54. The van der Waals surface area contributed by atoms with Gasteiger partial charge >= 0.3 is 0 Å². The minimum Gasteiger partial charge on any atom is -0.493 e. The van der Waals surface area contributed by atoms with Gasteiger partial charge in [-0.1, -0.05) is 34.1 Å². The lowest BCUT2D eigenvalue weighted by Gasteiger charge is -2.15. The molecule has 0 aliphatic rings. The normalized spacial score (nSPS) is 10.7. The summed E-state index contributed by atoms with van der Waals surface area (Å²) >= 11 is 3.54. The van der Waals surface area contributed by atoms with Crippen LogP contribution in [0.1, 0.15) is 24.0 Å². The molecule has 0 amide bonds. The molecular formula is C19H23BrFNO3. The third-order valence-electron chi connectivity index (χ3n) is 3.75. The van der Waals surface area contributed by atoms with Crippen LogP contribution in [-0.2, 0) is 13.2 Å². The molecule has 0 aliphatic heterocycles. The first-order valence-corrected chi connectivity index (χ1v) is 8.99. The number of methoxy groups -OCH3 is 1. The summed E-state index contributed by atoms with van der Waals surface area (Å²) in [4.78, 5) is 0. The van der Waals surface area contributed by atoms with Gasteiger partial charge in [0, 0.05) is 23.2 Å². The van der Waals surface area contributed by atoms with Gasteiger partial charge in [-0.3, -0.25) is 0 Å². The molecule has 25 heavy (non-hydrogen) atoms. The molecule has 0 atom stereocenters. The topological polar surface area (TPSA) is 50.7 Å². The largest absolute Gasteiger partial charge is 0.493 e. The van der Waals surface area contributed by atoms with E-state index in [2.05, 4.69) is 21.2 Å². The van der Waals surface area contributed by atoms with E-state index in [1.807, 2.05) is 12.1 Å². The monoisotopic (exact) mass is 411 g/mol. The average Bonchev–Trinajstić information content (AvgIpc) is 2.62. The van der Waals surface area contributed by atoms with Crippen molar-refractivity contribution in [3.8, 4) is 11.5 Å². The minimum absolute atomic E-state index is 0.133. The van der Waals surface area contributed by atoms with Crippen LogP contribution in [0.3, 0.4) is 0 Å². The molecule has 6 heteroatoms. The van der Waals surface area contributed by atoms with Gasteiger partial charge in [-0.25, -0.2) is 4.39 Å². The Morgan fingerprint density at radius 3 is 2.64 bits per heavy atom. The fraction of sp³-hybridized carbons (Fsp3) is 0.368. The SMILES string of the molecule is COc1cc(CNCCCCO)c(Br)cc1OCc1ccccc1F. The van der Waals surface area contributed by atoms with Gasteiger partial charge in [0.15, 0.2) is 11.5 Å². The zero-order valence-corrected chi connectivity index (χ0v) is 15.8. The van der Waals surface area contributed by atoms with E-state index in [4.69, 9.17) is 14.6 Å². The number of aliphatic hydroxyl groups excluding tert-OH is 1. The molecule has 2 aromatic carbocycles. The predicted molar refractivity (Wildman–Crippen MR) is 99.5 cm³/mol. The van der Waals surface area contributed by atoms with Crippen LogP contribution < -0.4 is 14.8 Å². The molecule has 0 saturated carbocycles. The lowest BCUT2D eigenvalue weighted by molar-refractivity contribution is 0.279. The van der Waals surface area contributed by atoms with Crippen LogP contribution in [0.5, 0.6) is 11.5 Å². The molecule has 0 heterocycles. The van der Waals surface area contributed by atoms with E-state index in [1.54, 1.807) is 25.3 Å². The Bertz CT molecular complexity index is 682. The highest BCUT2D eigenvalue weighted by Gasteiger charge is 2.11. The van der Waals surface area contributed by atoms with Crippen molar-refractivity contribution in [2.45, 2.75) is 26.0 Å². The van der Waals surface area contributed by atoms with Crippen LogP contribution in [-0.4, -0.2) is 25.4 Å². The van der Waals surface area contributed by atoms with Crippen molar-refractivity contribution in [2.75, 3.05) is 20.3 Å². The van der Waals surface area contributed by atoms with Crippen molar-refractivity contribution in [2.24, 2.45) is 0 Å². The summed E-state index contributed by atoms with van der Waals surface area (Å²) in [5, 5.41) is 12.1. The summed E-state index contributed by atoms with van der Waals surface area (Å²) in [6.07, 6.45) is 1.72. The molecule has 0 saturated heterocycles. The third-order valence-corrected chi connectivity index (χ3v) is 4.49. The predicted octanol–water partition coefficient (Wildman–Crippen LogP) is 4.04. The van der Waals surface area contributed by atoms with E-state index in [0.29, 0.717) is 23.6 Å². The summed E-state index contributed by atoms with van der Waals surface area (Å²) in [7, 11) is 1.58. The average molecular weight is 412 g/mol. The van der Waals surface area contributed by atoms with Gasteiger partial charge in [0.25, 0.3) is 0 Å². The summed E-state index contributed by atoms with van der Waals surface area (Å²) in [6.45, 7) is 1.86. The smallest absolute Gasteiger partial charge is 0.162 e. The second-order valence-electron chi connectivity index (χ2n) is 5.58. The van der Waals surface area contributed by atoms with Crippen molar-refractivity contribution in [1.29, 1.82) is 0 Å². The third kappa shape index (κ3) is 5.99. The molecule has 2 N–H and O–H groups in total. The van der Waals surface area contributed by atoms with Crippen molar-refractivity contribution >= 4 is 15.9 Å². The number of nitrogens with one attached hydrogen (secondary N) is 1. The Balaban J connectivity index is 2.01. The van der Waals surface area contributed by atoms with E-state index in [0.717, 1.165) is 29.4 Å². The van der Waals surface area contributed by atoms with Crippen molar-refractivity contribution in [1.82, 2.24) is 5.32 Å². The maximum atomic E-state index is 13.7. The highest BCUT2D eigenvalue weighted by atomic mass is 79.9. The molecule has 2 rings (SSSR count). The second kappa shape index (κ2) is 10.4. The van der Waals surface area contributed by atoms with Crippen LogP contribution in [0.4, 0.5) is 4.39 Å². The number of aliphatic hydroxyl groups is 1. The first-order valence-electron chi connectivity index (χ1n) is 8.20. The van der Waals surface area contributed by atoms with Crippen LogP contribution >= 0.6 is 15.9 Å². The van der Waals surface area contributed by atoms with Gasteiger partial charge in [0.1, 0.15) is 12.4 Å². The molecule has 0 radical (unpaired) electrons. The molecule has 136 valence electrons. The van der Waals surface area contributed by atoms with Gasteiger partial charge in [0.05, 0.1) is 7.11 Å². The highest BCUT2D eigenvalue weighted by molar-refractivity contribution is 9.10. The van der Waals surface area contributed by atoms with Crippen molar-refractivity contribution in [3.63, 3.8) is 0 Å². The van der Waals surface area contributed by atoms with E-state index >= 15 is 0 Å². The molecule has 0 bridgehead atoms.